The van der Waals surface area contributed by atoms with E-state index in [0.29, 0.717) is 0 Å². The van der Waals surface area contributed by atoms with Crippen LogP contribution in [-0.2, 0) is 0 Å². The number of hydrogen-bond donors (Lipinski definition) is 0. The quantitative estimate of drug-likeness (QED) is 0.0913. The van der Waals surface area contributed by atoms with Crippen molar-refractivity contribution in [1.29, 1.82) is 0 Å². The molecular formula is C33H54N6S3. The molecule has 0 aliphatic rings. The third-order valence-electron chi connectivity index (χ3n) is 7.99. The summed E-state index contributed by atoms with van der Waals surface area (Å²) in [5.74, 6) is 0. The van der Waals surface area contributed by atoms with Crippen LogP contribution >= 0.6 is 34.0 Å². The average Bonchev–Trinajstić information content (AvgIpc) is 3.74. The number of fused-ring (bicyclic) bond motifs is 6. The Hall–Kier alpha value is -1.71. The summed E-state index contributed by atoms with van der Waals surface area (Å²) in [7, 11) is 0. The van der Waals surface area contributed by atoms with E-state index >= 15 is 0 Å². The lowest BCUT2D eigenvalue weighted by atomic mass is 10.2. The van der Waals surface area contributed by atoms with Gasteiger partial charge in [-0.15, -0.1) is 0 Å². The van der Waals surface area contributed by atoms with Crippen LogP contribution < -0.4 is 14.7 Å². The molecule has 42 heavy (non-hydrogen) atoms. The minimum atomic E-state index is 1.07. The van der Waals surface area contributed by atoms with Crippen LogP contribution in [0.4, 0.5) is 15.4 Å². The molecule has 6 nitrogen and oxygen atoms in total. The normalized spacial score (nSPS) is 11.9. The fraction of sp³-hybridized carbons (Fsp3) is 0.727. The molecule has 4 rings (SSSR count). The van der Waals surface area contributed by atoms with Crippen LogP contribution in [0, 0.1) is 0 Å². The van der Waals surface area contributed by atoms with E-state index in [0.717, 1.165) is 71.2 Å². The predicted molar refractivity (Wildman–Crippen MR) is 192 cm³/mol. The number of unbranched alkanes of at least 4 members (excludes halogenated alkanes) is 6. The molecule has 9 heteroatoms. The molecule has 1 aromatic carbocycles. The van der Waals surface area contributed by atoms with Gasteiger partial charge in [0.1, 0.15) is 16.6 Å². The highest BCUT2D eigenvalue weighted by atomic mass is 32.1. The smallest absolute Gasteiger partial charge is 0.186 e. The lowest BCUT2D eigenvalue weighted by molar-refractivity contribution is 0.677. The average molecular weight is 631 g/mol. The molecule has 0 saturated carbocycles. The van der Waals surface area contributed by atoms with Crippen molar-refractivity contribution in [3.63, 3.8) is 0 Å². The molecule has 4 aromatic rings. The highest BCUT2D eigenvalue weighted by molar-refractivity contribution is 7.29. The fourth-order valence-corrected chi connectivity index (χ4v) is 8.83. The van der Waals surface area contributed by atoms with Crippen molar-refractivity contribution in [2.45, 2.75) is 119 Å². The maximum Gasteiger partial charge on any atom is 0.186 e. The zero-order valence-corrected chi connectivity index (χ0v) is 29.6. The van der Waals surface area contributed by atoms with Gasteiger partial charge in [0.2, 0.25) is 0 Å². The summed E-state index contributed by atoms with van der Waals surface area (Å²) < 4.78 is 3.76. The zero-order chi connectivity index (χ0) is 29.9. The largest absolute Gasteiger partial charge is 0.348 e. The fourth-order valence-electron chi connectivity index (χ4n) is 5.28. The molecule has 0 spiro atoms. The predicted octanol–water partition coefficient (Wildman–Crippen LogP) is 10.7. The number of thiazole rings is 3. The van der Waals surface area contributed by atoms with Crippen LogP contribution in [0.3, 0.4) is 0 Å². The molecule has 0 radical (unpaired) electrons. The van der Waals surface area contributed by atoms with E-state index in [9.17, 15) is 0 Å². The summed E-state index contributed by atoms with van der Waals surface area (Å²) in [6, 6.07) is 0. The Balaban J connectivity index is 1.90. The van der Waals surface area contributed by atoms with Crippen LogP contribution in [-0.4, -0.2) is 54.2 Å². The summed E-state index contributed by atoms with van der Waals surface area (Å²) in [6.07, 6.45) is 14.4. The van der Waals surface area contributed by atoms with Crippen LogP contribution in [0.15, 0.2) is 0 Å². The van der Waals surface area contributed by atoms with Gasteiger partial charge in [0.25, 0.3) is 0 Å². The van der Waals surface area contributed by atoms with Gasteiger partial charge >= 0.3 is 0 Å². The van der Waals surface area contributed by atoms with Crippen molar-refractivity contribution in [3.8, 4) is 0 Å². The first-order valence-electron chi connectivity index (χ1n) is 16.9. The molecule has 0 saturated heterocycles. The minimum Gasteiger partial charge on any atom is -0.348 e. The van der Waals surface area contributed by atoms with Crippen LogP contribution in [0.5, 0.6) is 0 Å². The van der Waals surface area contributed by atoms with Crippen molar-refractivity contribution >= 4 is 80.1 Å². The van der Waals surface area contributed by atoms with Crippen molar-refractivity contribution in [1.82, 2.24) is 15.0 Å². The van der Waals surface area contributed by atoms with E-state index in [1.165, 1.54) is 91.1 Å². The van der Waals surface area contributed by atoms with Gasteiger partial charge in [0.05, 0.1) is 14.1 Å². The van der Waals surface area contributed by atoms with Gasteiger partial charge in [0.15, 0.2) is 15.4 Å². The summed E-state index contributed by atoms with van der Waals surface area (Å²) >= 11 is 5.59. The van der Waals surface area contributed by atoms with Crippen LogP contribution in [0.1, 0.15) is 119 Å². The summed E-state index contributed by atoms with van der Waals surface area (Å²) in [5.41, 5.74) is 3.36. The molecule has 0 unspecified atom stereocenters. The highest BCUT2D eigenvalue weighted by Crippen LogP contribution is 2.47. The van der Waals surface area contributed by atoms with Gasteiger partial charge in [-0.2, -0.15) is 0 Å². The van der Waals surface area contributed by atoms with Gasteiger partial charge in [0, 0.05) is 39.3 Å². The molecule has 0 bridgehead atoms. The van der Waals surface area contributed by atoms with Crippen LogP contribution in [0.2, 0.25) is 0 Å². The molecule has 0 amide bonds. The third-order valence-corrected chi connectivity index (χ3v) is 11.4. The first-order valence-corrected chi connectivity index (χ1v) is 19.3. The number of anilines is 3. The van der Waals surface area contributed by atoms with E-state index in [1.807, 2.05) is 34.0 Å². The summed E-state index contributed by atoms with van der Waals surface area (Å²) in [4.78, 5) is 23.8. The second-order valence-corrected chi connectivity index (χ2v) is 14.5. The number of rotatable bonds is 21. The van der Waals surface area contributed by atoms with Crippen molar-refractivity contribution < 1.29 is 0 Å². The Bertz CT molecular complexity index is 1070. The van der Waals surface area contributed by atoms with Gasteiger partial charge in [-0.25, -0.2) is 15.0 Å². The SMILES string of the molecule is CCCCN(CCCC)c1nc2c(s1)c1nc(N(CCCC)CCCC)sc1c1nc(N(CCCC)CCCC)sc21. The first-order chi connectivity index (χ1) is 20.6. The van der Waals surface area contributed by atoms with Gasteiger partial charge in [-0.1, -0.05) is 114 Å². The maximum atomic E-state index is 5.39. The van der Waals surface area contributed by atoms with E-state index in [4.69, 9.17) is 15.0 Å². The topological polar surface area (TPSA) is 48.4 Å². The molecule has 0 aliphatic heterocycles. The molecule has 0 fully saturated rings. The summed E-state index contributed by atoms with van der Waals surface area (Å²) in [6.45, 7) is 20.1. The molecule has 3 heterocycles. The molecule has 3 aromatic heterocycles. The Labute approximate surface area is 266 Å². The molecular weight excluding hydrogens is 577 g/mol. The second-order valence-electron chi connectivity index (χ2n) is 11.6. The summed E-state index contributed by atoms with van der Waals surface area (Å²) in [5, 5.41) is 3.48. The van der Waals surface area contributed by atoms with Gasteiger partial charge in [-0.05, 0) is 38.5 Å². The first kappa shape index (κ1) is 33.2. The monoisotopic (exact) mass is 630 g/mol. The van der Waals surface area contributed by atoms with Crippen molar-refractivity contribution in [2.24, 2.45) is 0 Å². The maximum absolute atomic E-state index is 5.39. The van der Waals surface area contributed by atoms with Crippen molar-refractivity contribution in [2.75, 3.05) is 54.0 Å². The Kier molecular flexibility index (Phi) is 13.4. The number of hydrogen-bond acceptors (Lipinski definition) is 9. The van der Waals surface area contributed by atoms with Gasteiger partial charge in [-0.3, -0.25) is 0 Å². The molecule has 0 aliphatic carbocycles. The van der Waals surface area contributed by atoms with E-state index < -0.39 is 0 Å². The molecule has 0 N–H and O–H groups in total. The zero-order valence-electron chi connectivity index (χ0n) is 27.1. The minimum absolute atomic E-state index is 1.07. The van der Waals surface area contributed by atoms with E-state index in [2.05, 4.69) is 56.2 Å². The second kappa shape index (κ2) is 17.0. The lowest BCUT2D eigenvalue weighted by Crippen LogP contribution is -2.25. The number of nitrogens with zero attached hydrogens (tertiary/aromatic N) is 6. The Morgan fingerprint density at radius 3 is 0.786 bits per heavy atom. The standard InChI is InChI=1S/C33H54N6S3/c1-7-13-19-37(20-14-8-2)31-34-25-28(40-31)26-30(42-32(35-26)38(21-15-9-3)22-16-10-4)27-29(25)41-33(36-27)39(23-17-11-5)24-18-12-6/h7-24H2,1-6H3. The van der Waals surface area contributed by atoms with Crippen LogP contribution in [0.25, 0.3) is 30.6 Å². The molecule has 0 atom stereocenters. The Morgan fingerprint density at radius 2 is 0.595 bits per heavy atom. The Morgan fingerprint density at radius 1 is 0.381 bits per heavy atom. The van der Waals surface area contributed by atoms with E-state index in [-0.39, 0.29) is 0 Å². The van der Waals surface area contributed by atoms with Gasteiger partial charge < -0.3 is 14.7 Å². The number of benzene rings is 1. The van der Waals surface area contributed by atoms with E-state index in [1.54, 1.807) is 0 Å². The van der Waals surface area contributed by atoms with Crippen molar-refractivity contribution in [3.05, 3.63) is 0 Å². The highest BCUT2D eigenvalue weighted by Gasteiger charge is 2.25. The molecule has 234 valence electrons. The number of aromatic nitrogens is 3. The lowest BCUT2D eigenvalue weighted by Gasteiger charge is -2.21. The third kappa shape index (κ3) is 7.86.